The van der Waals surface area contributed by atoms with Crippen LogP contribution in [-0.2, 0) is 9.59 Å². The summed E-state index contributed by atoms with van der Waals surface area (Å²) < 4.78 is 14.0. The third-order valence-corrected chi connectivity index (χ3v) is 5.36. The highest BCUT2D eigenvalue weighted by molar-refractivity contribution is 8.26. The number of rotatable bonds is 4. The molecule has 0 unspecified atom stereocenters. The van der Waals surface area contributed by atoms with E-state index in [9.17, 15) is 19.1 Å². The SMILES string of the molecule is O=C([O-])[C@@H](c1ccccc1)N1C(=O)/C(=C\c2c(F)cccc2Cl)SC1=S. The quantitative estimate of drug-likeness (QED) is 0.576. The molecule has 132 valence electrons. The number of thiocarbonyl (C=S) groups is 1. The first kappa shape index (κ1) is 18.6. The van der Waals surface area contributed by atoms with Crippen LogP contribution in [0, 0.1) is 5.82 Å². The number of amides is 1. The number of hydrogen-bond donors (Lipinski definition) is 0. The number of carbonyl (C=O) groups is 2. The summed E-state index contributed by atoms with van der Waals surface area (Å²) in [6.07, 6.45) is 1.27. The summed E-state index contributed by atoms with van der Waals surface area (Å²) in [7, 11) is 0. The Balaban J connectivity index is 2.01. The lowest BCUT2D eigenvalue weighted by Gasteiger charge is -2.27. The van der Waals surface area contributed by atoms with Gasteiger partial charge in [-0.25, -0.2) is 4.39 Å². The predicted molar refractivity (Wildman–Crippen MR) is 101 cm³/mol. The van der Waals surface area contributed by atoms with E-state index in [2.05, 4.69) is 0 Å². The molecule has 1 aliphatic heterocycles. The van der Waals surface area contributed by atoms with Crippen LogP contribution in [0.2, 0.25) is 5.02 Å². The number of halogens is 2. The molecule has 0 N–H and O–H groups in total. The molecule has 0 saturated carbocycles. The maximum atomic E-state index is 14.0. The van der Waals surface area contributed by atoms with E-state index in [4.69, 9.17) is 23.8 Å². The second kappa shape index (κ2) is 7.57. The number of hydrogen-bond acceptors (Lipinski definition) is 5. The molecule has 2 aromatic carbocycles. The summed E-state index contributed by atoms with van der Waals surface area (Å²) in [4.78, 5) is 25.5. The predicted octanol–water partition coefficient (Wildman–Crippen LogP) is 3.17. The summed E-state index contributed by atoms with van der Waals surface area (Å²) >= 11 is 12.0. The zero-order valence-corrected chi connectivity index (χ0v) is 15.4. The fourth-order valence-electron chi connectivity index (χ4n) is 2.51. The first-order chi connectivity index (χ1) is 12.4. The van der Waals surface area contributed by atoms with Gasteiger partial charge in [0.1, 0.15) is 16.2 Å². The molecule has 0 aliphatic carbocycles. The molecule has 8 heteroatoms. The molecule has 4 nitrogen and oxygen atoms in total. The number of carboxylic acid groups (broad SMARTS) is 1. The second-order valence-corrected chi connectivity index (χ2v) is 7.40. The van der Waals surface area contributed by atoms with E-state index in [-0.39, 0.29) is 19.8 Å². The summed E-state index contributed by atoms with van der Waals surface area (Å²) in [5.41, 5.74) is 0.397. The molecule has 1 fully saturated rings. The van der Waals surface area contributed by atoms with E-state index < -0.39 is 23.7 Å². The number of benzene rings is 2. The molecule has 1 saturated heterocycles. The van der Waals surface area contributed by atoms with Crippen molar-refractivity contribution in [2.24, 2.45) is 0 Å². The van der Waals surface area contributed by atoms with Gasteiger partial charge in [-0.2, -0.15) is 0 Å². The average Bonchev–Trinajstić information content (AvgIpc) is 2.87. The minimum absolute atomic E-state index is 0.0411. The molecule has 0 radical (unpaired) electrons. The first-order valence-electron chi connectivity index (χ1n) is 7.37. The third-order valence-electron chi connectivity index (χ3n) is 3.70. The largest absolute Gasteiger partial charge is 0.547 e. The van der Waals surface area contributed by atoms with E-state index in [1.807, 2.05) is 0 Å². The summed E-state index contributed by atoms with van der Waals surface area (Å²) in [6.45, 7) is 0. The Bertz CT molecular complexity index is 913. The van der Waals surface area contributed by atoms with Crippen molar-refractivity contribution in [3.05, 3.63) is 75.4 Å². The van der Waals surface area contributed by atoms with Gasteiger partial charge in [0, 0.05) is 5.56 Å². The minimum atomic E-state index is -1.46. The van der Waals surface area contributed by atoms with E-state index in [0.717, 1.165) is 16.7 Å². The molecule has 0 bridgehead atoms. The van der Waals surface area contributed by atoms with Crippen LogP contribution >= 0.6 is 35.6 Å². The number of carbonyl (C=O) groups excluding carboxylic acids is 2. The van der Waals surface area contributed by atoms with Crippen LogP contribution in [0.15, 0.2) is 53.4 Å². The zero-order chi connectivity index (χ0) is 18.8. The maximum absolute atomic E-state index is 14.0. The number of carboxylic acids is 1. The van der Waals surface area contributed by atoms with Crippen LogP contribution < -0.4 is 5.11 Å². The molecule has 0 spiro atoms. The monoisotopic (exact) mass is 406 g/mol. The number of nitrogens with zero attached hydrogens (tertiary/aromatic N) is 1. The smallest absolute Gasteiger partial charge is 0.267 e. The third kappa shape index (κ3) is 3.51. The van der Waals surface area contributed by atoms with E-state index in [1.165, 1.54) is 24.3 Å². The van der Waals surface area contributed by atoms with Crippen LogP contribution in [0.25, 0.3) is 6.08 Å². The molecule has 1 aliphatic rings. The molecule has 2 aromatic rings. The van der Waals surface area contributed by atoms with Crippen molar-refractivity contribution in [2.75, 3.05) is 0 Å². The molecule has 26 heavy (non-hydrogen) atoms. The van der Waals surface area contributed by atoms with Crippen molar-refractivity contribution >= 4 is 57.9 Å². The van der Waals surface area contributed by atoms with Gasteiger partial charge in [0.2, 0.25) is 0 Å². The number of aliphatic carboxylic acids is 1. The van der Waals surface area contributed by atoms with Crippen LogP contribution in [0.3, 0.4) is 0 Å². The van der Waals surface area contributed by atoms with Gasteiger partial charge in [-0.15, -0.1) is 0 Å². The Morgan fingerprint density at radius 2 is 1.92 bits per heavy atom. The first-order valence-corrected chi connectivity index (χ1v) is 8.97. The van der Waals surface area contributed by atoms with Crippen LogP contribution in [-0.4, -0.2) is 21.1 Å². The fourth-order valence-corrected chi connectivity index (χ4v) is 4.02. The maximum Gasteiger partial charge on any atom is 0.267 e. The van der Waals surface area contributed by atoms with Crippen LogP contribution in [0.4, 0.5) is 4.39 Å². The van der Waals surface area contributed by atoms with Crippen molar-refractivity contribution in [3.63, 3.8) is 0 Å². The fraction of sp³-hybridized carbons (Fsp3) is 0.0556. The molecule has 1 heterocycles. The average molecular weight is 407 g/mol. The van der Waals surface area contributed by atoms with Gasteiger partial charge in [0.25, 0.3) is 5.91 Å². The lowest BCUT2D eigenvalue weighted by molar-refractivity contribution is -0.310. The van der Waals surface area contributed by atoms with Gasteiger partial charge in [-0.05, 0) is 23.8 Å². The van der Waals surface area contributed by atoms with Crippen molar-refractivity contribution in [1.29, 1.82) is 0 Å². The molecule has 1 amide bonds. The van der Waals surface area contributed by atoms with Gasteiger partial charge in [-0.1, -0.05) is 72.0 Å². The Kier molecular flexibility index (Phi) is 5.41. The van der Waals surface area contributed by atoms with Crippen LogP contribution in [0.1, 0.15) is 17.2 Å². The van der Waals surface area contributed by atoms with Gasteiger partial charge >= 0.3 is 0 Å². The normalized spacial score (nSPS) is 17.0. The molecule has 3 rings (SSSR count). The Morgan fingerprint density at radius 1 is 1.23 bits per heavy atom. The topological polar surface area (TPSA) is 60.4 Å². The van der Waals surface area contributed by atoms with Crippen LogP contribution in [0.5, 0.6) is 0 Å². The molecular formula is C18H10ClFNO3S2-. The summed E-state index contributed by atoms with van der Waals surface area (Å²) in [5, 5.41) is 11.8. The van der Waals surface area contributed by atoms with E-state index in [0.29, 0.717) is 5.56 Å². The van der Waals surface area contributed by atoms with Gasteiger partial charge < -0.3 is 9.90 Å². The number of thioether (sulfide) groups is 1. The standard InChI is InChI=1S/C18H11ClFNO3S2/c19-12-7-4-8-13(20)11(12)9-14-16(22)21(18(25)26-14)15(17(23)24)10-5-2-1-3-6-10/h1-9,15H,(H,23,24)/p-1/b14-9+/t15-/m1/s1. The van der Waals surface area contributed by atoms with Crippen molar-refractivity contribution in [2.45, 2.75) is 6.04 Å². The van der Waals surface area contributed by atoms with E-state index in [1.54, 1.807) is 30.3 Å². The van der Waals surface area contributed by atoms with E-state index >= 15 is 0 Å². The summed E-state index contributed by atoms with van der Waals surface area (Å²) in [6, 6.07) is 10.9. The minimum Gasteiger partial charge on any atom is -0.547 e. The second-order valence-electron chi connectivity index (χ2n) is 5.32. The van der Waals surface area contributed by atoms with Gasteiger partial charge in [0.15, 0.2) is 0 Å². The zero-order valence-electron chi connectivity index (χ0n) is 13.0. The highest BCUT2D eigenvalue weighted by Gasteiger charge is 2.38. The molecule has 0 aromatic heterocycles. The lowest BCUT2D eigenvalue weighted by atomic mass is 10.1. The highest BCUT2D eigenvalue weighted by Crippen LogP contribution is 2.39. The molecular weight excluding hydrogens is 397 g/mol. The van der Waals surface area contributed by atoms with Crippen molar-refractivity contribution < 1.29 is 19.1 Å². The summed E-state index contributed by atoms with van der Waals surface area (Å²) in [5.74, 6) is -2.70. The Morgan fingerprint density at radius 3 is 2.54 bits per heavy atom. The van der Waals surface area contributed by atoms with Crippen molar-refractivity contribution in [1.82, 2.24) is 4.90 Å². The van der Waals surface area contributed by atoms with Crippen molar-refractivity contribution in [3.8, 4) is 0 Å². The Labute approximate surface area is 163 Å². The Hall–Kier alpha value is -2.22. The highest BCUT2D eigenvalue weighted by atomic mass is 35.5. The van der Waals surface area contributed by atoms with Gasteiger partial charge in [0.05, 0.1) is 15.9 Å². The molecule has 1 atom stereocenters. The van der Waals surface area contributed by atoms with Gasteiger partial charge in [-0.3, -0.25) is 9.69 Å². The lowest BCUT2D eigenvalue weighted by Crippen LogP contribution is -2.43.